The van der Waals surface area contributed by atoms with E-state index >= 15 is 0 Å². The number of hydrogen-bond acceptors (Lipinski definition) is 10. The lowest BCUT2D eigenvalue weighted by Crippen LogP contribution is -2.49. The zero-order chi connectivity index (χ0) is 23.6. The van der Waals surface area contributed by atoms with E-state index in [0.717, 1.165) is 5.69 Å². The summed E-state index contributed by atoms with van der Waals surface area (Å²) >= 11 is 2.50. The molecule has 1 spiro atoms. The van der Waals surface area contributed by atoms with Crippen molar-refractivity contribution in [2.75, 3.05) is 30.7 Å². The molecule has 33 heavy (non-hydrogen) atoms. The summed E-state index contributed by atoms with van der Waals surface area (Å²) in [5, 5.41) is 6.57. The third kappa shape index (κ3) is 4.04. The summed E-state index contributed by atoms with van der Waals surface area (Å²) in [6.07, 6.45) is 0. The average molecular weight is 486 g/mol. The fourth-order valence-electron chi connectivity index (χ4n) is 3.57. The molecule has 1 atom stereocenters. The Morgan fingerprint density at radius 3 is 2.39 bits per heavy atom. The van der Waals surface area contributed by atoms with Crippen LogP contribution in [0.1, 0.15) is 13.8 Å². The predicted molar refractivity (Wildman–Crippen MR) is 131 cm³/mol. The minimum Gasteiger partial charge on any atom is -0.497 e. The van der Waals surface area contributed by atoms with Crippen molar-refractivity contribution in [3.63, 3.8) is 0 Å². The van der Waals surface area contributed by atoms with E-state index in [1.807, 2.05) is 66.4 Å². The molecule has 2 aromatic rings. The van der Waals surface area contributed by atoms with Gasteiger partial charge in [0.15, 0.2) is 0 Å². The number of methoxy groups -OCH3 is 2. The first-order valence-corrected chi connectivity index (χ1v) is 11.8. The molecule has 0 radical (unpaired) electrons. The van der Waals surface area contributed by atoms with E-state index in [2.05, 4.69) is 5.10 Å². The van der Waals surface area contributed by atoms with E-state index in [1.165, 1.54) is 30.6 Å². The quantitative estimate of drug-likeness (QED) is 0.553. The maximum Gasteiger partial charge on any atom is 0.365 e. The van der Waals surface area contributed by atoms with Gasteiger partial charge in [-0.25, -0.2) is 14.6 Å². The van der Waals surface area contributed by atoms with Gasteiger partial charge in [0, 0.05) is 17.5 Å². The van der Waals surface area contributed by atoms with Crippen LogP contribution in [-0.4, -0.2) is 42.1 Å². The number of thioether (sulfide) groups is 2. The highest BCUT2D eigenvalue weighted by atomic mass is 32.2. The first-order valence-electron chi connectivity index (χ1n) is 10.2. The molecule has 0 bridgehead atoms. The van der Waals surface area contributed by atoms with Gasteiger partial charge in [-0.15, -0.1) is 0 Å². The highest BCUT2D eigenvalue weighted by molar-refractivity contribution is 8.29. The molecule has 2 heterocycles. The molecule has 0 saturated carbocycles. The minimum atomic E-state index is -1.04. The van der Waals surface area contributed by atoms with Gasteiger partial charge in [-0.1, -0.05) is 36.0 Å². The summed E-state index contributed by atoms with van der Waals surface area (Å²) in [5.41, 5.74) is 2.22. The number of esters is 2. The van der Waals surface area contributed by atoms with Gasteiger partial charge >= 0.3 is 11.9 Å². The number of anilines is 2. The number of carbonyl (C=O) groups excluding carboxylic acids is 2. The monoisotopic (exact) mass is 485 g/mol. The summed E-state index contributed by atoms with van der Waals surface area (Å²) in [5.74, 6) is -0.337. The van der Waals surface area contributed by atoms with Gasteiger partial charge < -0.3 is 19.1 Å². The standard InChI is InChI=1S/C23H23N3O5S2/c1-5-31-22(28)20-24-26(17-12-9-13-18(14-17)29-3)23(33-20)25(16-10-7-6-8-11-16)15(2)19(32-23)21(27)30-4/h6-14H,5H2,1-4H3. The summed E-state index contributed by atoms with van der Waals surface area (Å²) in [6.45, 7) is 3.83. The zero-order valence-corrected chi connectivity index (χ0v) is 20.2. The van der Waals surface area contributed by atoms with E-state index in [1.54, 1.807) is 19.0 Å². The van der Waals surface area contributed by atoms with Gasteiger partial charge in [0.1, 0.15) is 10.7 Å². The number of carbonyl (C=O) groups is 2. The van der Waals surface area contributed by atoms with Crippen molar-refractivity contribution >= 4 is 51.9 Å². The Bertz CT molecular complexity index is 1140. The van der Waals surface area contributed by atoms with Crippen LogP contribution in [0.3, 0.4) is 0 Å². The number of rotatable bonds is 6. The smallest absolute Gasteiger partial charge is 0.365 e. The van der Waals surface area contributed by atoms with E-state index in [4.69, 9.17) is 14.2 Å². The van der Waals surface area contributed by atoms with Gasteiger partial charge in [-0.05, 0) is 49.9 Å². The molecular formula is C23H23N3O5S2. The van der Waals surface area contributed by atoms with Crippen molar-refractivity contribution in [1.82, 2.24) is 0 Å². The van der Waals surface area contributed by atoms with Crippen LogP contribution in [0.25, 0.3) is 0 Å². The maximum atomic E-state index is 12.7. The topological polar surface area (TPSA) is 80.7 Å². The number of hydrogen-bond donors (Lipinski definition) is 0. The van der Waals surface area contributed by atoms with Crippen molar-refractivity contribution in [1.29, 1.82) is 0 Å². The van der Waals surface area contributed by atoms with E-state index in [9.17, 15) is 9.59 Å². The Balaban J connectivity index is 1.90. The minimum absolute atomic E-state index is 0.187. The molecule has 0 aliphatic carbocycles. The van der Waals surface area contributed by atoms with Crippen molar-refractivity contribution in [2.45, 2.75) is 18.2 Å². The molecule has 0 aromatic heterocycles. The van der Waals surface area contributed by atoms with Gasteiger partial charge in [-0.3, -0.25) is 0 Å². The zero-order valence-electron chi connectivity index (χ0n) is 18.6. The van der Waals surface area contributed by atoms with Gasteiger partial charge in [0.25, 0.3) is 0 Å². The number of para-hydroxylation sites is 1. The fourth-order valence-corrected chi connectivity index (χ4v) is 6.54. The molecule has 172 valence electrons. The molecule has 2 aliphatic heterocycles. The normalized spacial score (nSPS) is 19.7. The molecule has 0 saturated heterocycles. The van der Waals surface area contributed by atoms with Crippen molar-refractivity contribution < 1.29 is 23.8 Å². The Morgan fingerprint density at radius 2 is 1.73 bits per heavy atom. The fraction of sp³-hybridized carbons (Fsp3) is 0.261. The molecule has 1 unspecified atom stereocenters. The first-order chi connectivity index (χ1) is 15.9. The lowest BCUT2D eigenvalue weighted by Gasteiger charge is -2.41. The van der Waals surface area contributed by atoms with Crippen LogP contribution in [0.4, 0.5) is 11.4 Å². The summed E-state index contributed by atoms with van der Waals surface area (Å²) in [7, 11) is 2.94. The first kappa shape index (κ1) is 23.1. The molecule has 10 heteroatoms. The number of hydrazone groups is 1. The number of ether oxygens (including phenoxy) is 3. The van der Waals surface area contributed by atoms with E-state index < -0.39 is 16.3 Å². The van der Waals surface area contributed by atoms with Crippen LogP contribution in [0.5, 0.6) is 5.75 Å². The molecular weight excluding hydrogens is 462 g/mol. The van der Waals surface area contributed by atoms with Crippen LogP contribution in [0.2, 0.25) is 0 Å². The molecule has 0 fully saturated rings. The lowest BCUT2D eigenvalue weighted by atomic mass is 10.2. The molecule has 8 nitrogen and oxygen atoms in total. The predicted octanol–water partition coefficient (Wildman–Crippen LogP) is 4.39. The largest absolute Gasteiger partial charge is 0.497 e. The Morgan fingerprint density at radius 1 is 1.00 bits per heavy atom. The van der Waals surface area contributed by atoms with Crippen molar-refractivity contribution in [3.8, 4) is 5.75 Å². The molecule has 2 aliphatic rings. The Labute approximate surface area is 200 Å². The molecule has 0 amide bonds. The summed E-state index contributed by atoms with van der Waals surface area (Å²) in [4.78, 5) is 27.8. The molecule has 4 rings (SSSR count). The average Bonchev–Trinajstić information content (AvgIpc) is 3.37. The van der Waals surface area contributed by atoms with Gasteiger partial charge in [0.05, 0.1) is 26.5 Å². The molecule has 2 aromatic carbocycles. The van der Waals surface area contributed by atoms with Crippen molar-refractivity contribution in [3.05, 3.63) is 65.2 Å². The highest BCUT2D eigenvalue weighted by Crippen LogP contribution is 2.60. The van der Waals surface area contributed by atoms with Crippen LogP contribution >= 0.6 is 23.5 Å². The summed E-state index contributed by atoms with van der Waals surface area (Å²) < 4.78 is 14.7. The number of allylic oxidation sites excluding steroid dienone is 1. The third-order valence-electron chi connectivity index (χ3n) is 5.00. The summed E-state index contributed by atoms with van der Waals surface area (Å²) in [6, 6.07) is 17.0. The second-order valence-corrected chi connectivity index (χ2v) is 9.57. The van der Waals surface area contributed by atoms with Crippen LogP contribution in [-0.2, 0) is 19.1 Å². The second-order valence-electron chi connectivity index (χ2n) is 6.97. The number of benzene rings is 2. The van der Waals surface area contributed by atoms with E-state index in [0.29, 0.717) is 22.0 Å². The number of nitrogens with zero attached hydrogens (tertiary/aromatic N) is 3. The second kappa shape index (κ2) is 9.40. The SMILES string of the molecule is CCOC(=O)C1=NN(c2cccc(OC)c2)C2(S1)SC(C(=O)OC)=C(C)N2c1ccccc1. The Hall–Kier alpha value is -3.11. The van der Waals surface area contributed by atoms with Gasteiger partial charge in [-0.2, -0.15) is 5.10 Å². The van der Waals surface area contributed by atoms with E-state index in [-0.39, 0.29) is 11.7 Å². The van der Waals surface area contributed by atoms with Gasteiger partial charge in [0.2, 0.25) is 9.37 Å². The molecule has 0 N–H and O–H groups in total. The van der Waals surface area contributed by atoms with Crippen molar-refractivity contribution in [2.24, 2.45) is 5.10 Å². The Kier molecular flexibility index (Phi) is 6.57. The third-order valence-corrected chi connectivity index (χ3v) is 7.85. The highest BCUT2D eigenvalue weighted by Gasteiger charge is 2.58. The lowest BCUT2D eigenvalue weighted by molar-refractivity contribution is -0.135. The van der Waals surface area contributed by atoms with Crippen LogP contribution < -0.4 is 14.6 Å². The van der Waals surface area contributed by atoms with Crippen LogP contribution in [0.15, 0.2) is 70.3 Å². The van der Waals surface area contributed by atoms with Crippen LogP contribution in [0, 0.1) is 0 Å². The maximum absolute atomic E-state index is 12.7.